The van der Waals surface area contributed by atoms with Crippen LogP contribution in [0.25, 0.3) is 0 Å². The zero-order valence-corrected chi connectivity index (χ0v) is 6.88. The summed E-state index contributed by atoms with van der Waals surface area (Å²) in [4.78, 5) is 0. The fraction of sp³-hybridized carbons (Fsp3) is 0.375. The van der Waals surface area contributed by atoms with E-state index in [0.717, 1.165) is 19.3 Å². The van der Waals surface area contributed by atoms with Crippen LogP contribution in [0.1, 0.15) is 18.4 Å². The highest BCUT2D eigenvalue weighted by Gasteiger charge is 2.37. The van der Waals surface area contributed by atoms with Crippen LogP contribution in [0.15, 0.2) is 24.5 Å². The minimum absolute atomic E-state index is 0.0969. The Morgan fingerprint density at radius 1 is 1.31 bits per heavy atom. The van der Waals surface area contributed by atoms with Crippen LogP contribution in [0.2, 0.25) is 0 Å². The predicted molar refractivity (Wildman–Crippen MR) is 39.9 cm³/mol. The molecule has 72 valence electrons. The molecule has 1 aromatic heterocycles. The number of pyridine rings is 1. The topological polar surface area (TPSA) is 26.9 Å². The highest BCUT2D eigenvalue weighted by atomic mass is 19.4. The maximum Gasteiger partial charge on any atom is 0.395 e. The summed E-state index contributed by atoms with van der Waals surface area (Å²) in [5.74, 6) is -1.53. The van der Waals surface area contributed by atoms with E-state index in [1.54, 1.807) is 0 Å². The number of nitrogens with zero attached hydrogens (tertiary/aromatic N) is 1. The summed E-state index contributed by atoms with van der Waals surface area (Å²) in [6.07, 6.45) is -2.15. The molecule has 0 radical (unpaired) electrons. The number of hydrogen-bond acceptors (Lipinski definition) is 1. The lowest BCUT2D eigenvalue weighted by atomic mass is 10.0. The van der Waals surface area contributed by atoms with Gasteiger partial charge in [-0.15, -0.1) is 0 Å². The molecule has 1 rings (SSSR count). The van der Waals surface area contributed by atoms with E-state index in [1.807, 2.05) is 0 Å². The molecule has 0 aliphatic heterocycles. The van der Waals surface area contributed by atoms with Gasteiger partial charge in [0.25, 0.3) is 0 Å². The molecule has 1 atom stereocenters. The molecule has 0 fully saturated rings. The van der Waals surface area contributed by atoms with Gasteiger partial charge in [-0.3, -0.25) is 0 Å². The third-order valence-electron chi connectivity index (χ3n) is 1.82. The second kappa shape index (κ2) is 3.24. The first-order valence-corrected chi connectivity index (χ1v) is 3.66. The molecule has 13 heavy (non-hydrogen) atoms. The van der Waals surface area contributed by atoms with Gasteiger partial charge < -0.3 is 5.21 Å². The zero-order valence-electron chi connectivity index (χ0n) is 6.88. The SMILES string of the molecule is CC(c1cc[n+]([O-])cc1)C(F)(F)F. The van der Waals surface area contributed by atoms with E-state index in [1.165, 1.54) is 12.1 Å². The van der Waals surface area contributed by atoms with Crippen molar-refractivity contribution in [2.75, 3.05) is 0 Å². The summed E-state index contributed by atoms with van der Waals surface area (Å²) < 4.78 is 36.9. The number of rotatable bonds is 1. The molecule has 0 spiro atoms. The van der Waals surface area contributed by atoms with Crippen LogP contribution in [-0.4, -0.2) is 6.18 Å². The highest BCUT2D eigenvalue weighted by molar-refractivity contribution is 5.14. The molecular weight excluding hydrogens is 183 g/mol. The van der Waals surface area contributed by atoms with E-state index >= 15 is 0 Å². The molecular formula is C8H8F3NO. The van der Waals surface area contributed by atoms with Crippen molar-refractivity contribution in [1.82, 2.24) is 0 Å². The van der Waals surface area contributed by atoms with Gasteiger partial charge in [-0.1, -0.05) is 0 Å². The van der Waals surface area contributed by atoms with Crippen molar-refractivity contribution in [3.63, 3.8) is 0 Å². The van der Waals surface area contributed by atoms with Gasteiger partial charge >= 0.3 is 6.18 Å². The maximum absolute atomic E-state index is 12.2. The van der Waals surface area contributed by atoms with Crippen molar-refractivity contribution < 1.29 is 17.9 Å². The van der Waals surface area contributed by atoms with E-state index in [0.29, 0.717) is 4.73 Å². The Morgan fingerprint density at radius 3 is 2.15 bits per heavy atom. The van der Waals surface area contributed by atoms with E-state index in [-0.39, 0.29) is 5.56 Å². The first kappa shape index (κ1) is 9.83. The number of aromatic nitrogens is 1. The molecule has 0 bridgehead atoms. The van der Waals surface area contributed by atoms with Crippen molar-refractivity contribution in [2.24, 2.45) is 0 Å². The molecule has 0 aliphatic carbocycles. The van der Waals surface area contributed by atoms with Crippen molar-refractivity contribution in [3.8, 4) is 0 Å². The Labute approximate surface area is 73.2 Å². The van der Waals surface area contributed by atoms with Crippen LogP contribution < -0.4 is 4.73 Å². The molecule has 1 aromatic rings. The van der Waals surface area contributed by atoms with Crippen molar-refractivity contribution in [2.45, 2.75) is 19.0 Å². The van der Waals surface area contributed by atoms with Crippen LogP contribution in [-0.2, 0) is 0 Å². The fourth-order valence-electron chi connectivity index (χ4n) is 0.902. The number of alkyl halides is 3. The lowest BCUT2D eigenvalue weighted by molar-refractivity contribution is -0.605. The Morgan fingerprint density at radius 2 is 1.77 bits per heavy atom. The molecule has 0 N–H and O–H groups in total. The Kier molecular flexibility index (Phi) is 2.45. The smallest absolute Gasteiger partial charge is 0.395 e. The van der Waals surface area contributed by atoms with Gasteiger partial charge in [-0.25, -0.2) is 0 Å². The second-order valence-corrected chi connectivity index (χ2v) is 2.75. The van der Waals surface area contributed by atoms with Crippen LogP contribution in [0.5, 0.6) is 0 Å². The Balaban J connectivity index is 2.90. The molecule has 0 aliphatic rings. The molecule has 0 saturated carbocycles. The van der Waals surface area contributed by atoms with E-state index in [2.05, 4.69) is 0 Å². The lowest BCUT2D eigenvalue weighted by Crippen LogP contribution is -2.25. The van der Waals surface area contributed by atoms with Gasteiger partial charge in [0.05, 0.1) is 5.92 Å². The van der Waals surface area contributed by atoms with Gasteiger partial charge in [0.15, 0.2) is 12.4 Å². The summed E-state index contributed by atoms with van der Waals surface area (Å²) in [6.45, 7) is 1.06. The van der Waals surface area contributed by atoms with Gasteiger partial charge in [0, 0.05) is 12.1 Å². The van der Waals surface area contributed by atoms with Gasteiger partial charge in [0.2, 0.25) is 0 Å². The molecule has 0 saturated heterocycles. The van der Waals surface area contributed by atoms with Crippen molar-refractivity contribution in [3.05, 3.63) is 35.3 Å². The average Bonchev–Trinajstić information content (AvgIpc) is 2.03. The molecule has 1 heterocycles. The predicted octanol–water partition coefficient (Wildman–Crippen LogP) is 1.99. The van der Waals surface area contributed by atoms with Gasteiger partial charge in [-0.05, 0) is 12.5 Å². The van der Waals surface area contributed by atoms with Crippen LogP contribution in [0.3, 0.4) is 0 Å². The second-order valence-electron chi connectivity index (χ2n) is 2.75. The standard InChI is InChI=1S/C8H8F3NO/c1-6(8(9,10)11)7-2-4-12(13)5-3-7/h2-6H,1H3. The minimum atomic E-state index is -4.25. The highest BCUT2D eigenvalue weighted by Crippen LogP contribution is 2.33. The Hall–Kier alpha value is -1.26. The summed E-state index contributed by atoms with van der Waals surface area (Å²) in [6, 6.07) is 2.34. The van der Waals surface area contributed by atoms with Gasteiger partial charge in [0.1, 0.15) is 0 Å². The molecule has 0 amide bonds. The fourth-order valence-corrected chi connectivity index (χ4v) is 0.902. The summed E-state index contributed by atoms with van der Waals surface area (Å²) in [5.41, 5.74) is 0.0969. The minimum Gasteiger partial charge on any atom is -0.619 e. The summed E-state index contributed by atoms with van der Waals surface area (Å²) in [5, 5.41) is 10.5. The van der Waals surface area contributed by atoms with Crippen LogP contribution >= 0.6 is 0 Å². The molecule has 1 unspecified atom stereocenters. The van der Waals surface area contributed by atoms with Crippen LogP contribution in [0, 0.1) is 5.21 Å². The Bertz CT molecular complexity index is 280. The number of halogens is 3. The molecule has 5 heteroatoms. The van der Waals surface area contributed by atoms with Crippen molar-refractivity contribution in [1.29, 1.82) is 0 Å². The zero-order chi connectivity index (χ0) is 10.1. The van der Waals surface area contributed by atoms with E-state index < -0.39 is 12.1 Å². The first-order chi connectivity index (χ1) is 5.91. The monoisotopic (exact) mass is 191 g/mol. The largest absolute Gasteiger partial charge is 0.619 e. The lowest BCUT2D eigenvalue weighted by Gasteiger charge is -2.14. The first-order valence-electron chi connectivity index (χ1n) is 3.66. The van der Waals surface area contributed by atoms with Gasteiger partial charge in [-0.2, -0.15) is 17.9 Å². The summed E-state index contributed by atoms with van der Waals surface area (Å²) in [7, 11) is 0. The normalized spacial score (nSPS) is 14.2. The van der Waals surface area contributed by atoms with E-state index in [4.69, 9.17) is 0 Å². The van der Waals surface area contributed by atoms with E-state index in [9.17, 15) is 18.4 Å². The average molecular weight is 191 g/mol. The summed E-state index contributed by atoms with van der Waals surface area (Å²) >= 11 is 0. The maximum atomic E-state index is 12.2. The third kappa shape index (κ3) is 2.34. The number of hydrogen-bond donors (Lipinski definition) is 0. The molecule has 0 aromatic carbocycles. The molecule has 2 nitrogen and oxygen atoms in total. The van der Waals surface area contributed by atoms with Crippen molar-refractivity contribution >= 4 is 0 Å². The quantitative estimate of drug-likeness (QED) is 0.492. The van der Waals surface area contributed by atoms with Crippen LogP contribution in [0.4, 0.5) is 13.2 Å². The third-order valence-corrected chi connectivity index (χ3v) is 1.82.